The average molecular weight is 444 g/mol. The summed E-state index contributed by atoms with van der Waals surface area (Å²) in [6.45, 7) is 0.573. The first-order chi connectivity index (χ1) is 14.9. The average Bonchev–Trinajstić information content (AvgIpc) is 3.34. The molecule has 1 aliphatic rings. The third-order valence-corrected chi connectivity index (χ3v) is 6.06. The molecule has 2 heterocycles. The number of amides is 3. The van der Waals surface area contributed by atoms with Gasteiger partial charge in [0.1, 0.15) is 23.5 Å². The summed E-state index contributed by atoms with van der Waals surface area (Å²) in [5, 5.41) is 15.7. The maximum atomic E-state index is 13.2. The fraction of sp³-hybridized carbons (Fsp3) is 0.429. The predicted octanol–water partition coefficient (Wildman–Crippen LogP) is 1.19. The van der Waals surface area contributed by atoms with Crippen LogP contribution in [-0.4, -0.2) is 54.0 Å². The van der Waals surface area contributed by atoms with Crippen molar-refractivity contribution < 1.29 is 19.1 Å². The monoisotopic (exact) mass is 443 g/mol. The number of rotatable bonds is 9. The second-order valence-corrected chi connectivity index (χ2v) is 8.24. The van der Waals surface area contributed by atoms with E-state index in [9.17, 15) is 19.6 Å². The molecule has 3 rings (SSSR count). The Morgan fingerprint density at radius 1 is 1.48 bits per heavy atom. The van der Waals surface area contributed by atoms with Crippen molar-refractivity contribution in [3.8, 4) is 11.8 Å². The highest BCUT2D eigenvalue weighted by atomic mass is 32.2. The number of carbonyl (C=O) groups excluding carboxylic acids is 3. The van der Waals surface area contributed by atoms with Gasteiger partial charge in [0.05, 0.1) is 18.7 Å². The highest BCUT2D eigenvalue weighted by Crippen LogP contribution is 2.32. The number of ether oxygens (including phenoxy) is 1. The van der Waals surface area contributed by atoms with Gasteiger partial charge in [0.25, 0.3) is 5.91 Å². The van der Waals surface area contributed by atoms with Gasteiger partial charge in [-0.1, -0.05) is 6.07 Å². The minimum absolute atomic E-state index is 0.102. The predicted molar refractivity (Wildman–Crippen MR) is 118 cm³/mol. The van der Waals surface area contributed by atoms with Crippen LogP contribution in [0.1, 0.15) is 29.4 Å². The number of hydrogen-bond donors (Lipinski definition) is 3. The standard InChI is InChI=1S/C21H25N5O4S/c1-30-18-5-3-4-15-14(18)9-16(19(23)27)26(15)17(11-31-2)21(29)25-13(10-22)8-12-6-7-24-20(12)28/h3-5,9,12-13,17H,6-8,11H2,1-2H3,(H2,23,27)(H,24,28)(H,25,29)/t12-,13-,17-/m0/s1. The van der Waals surface area contributed by atoms with E-state index in [0.717, 1.165) is 0 Å². The van der Waals surface area contributed by atoms with E-state index in [0.29, 0.717) is 35.4 Å². The number of nitrogens with two attached hydrogens (primary N) is 1. The number of thioether (sulfide) groups is 1. The number of nitrogens with one attached hydrogen (secondary N) is 2. The smallest absolute Gasteiger partial charge is 0.265 e. The molecule has 1 aromatic carbocycles. The second-order valence-electron chi connectivity index (χ2n) is 7.33. The molecule has 3 atom stereocenters. The van der Waals surface area contributed by atoms with Crippen LogP contribution in [-0.2, 0) is 9.59 Å². The summed E-state index contributed by atoms with van der Waals surface area (Å²) >= 11 is 1.43. The van der Waals surface area contributed by atoms with Crippen molar-refractivity contribution in [2.45, 2.75) is 24.9 Å². The zero-order valence-electron chi connectivity index (χ0n) is 17.4. The molecule has 2 aromatic rings. The van der Waals surface area contributed by atoms with E-state index < -0.39 is 23.9 Å². The van der Waals surface area contributed by atoms with E-state index in [4.69, 9.17) is 10.5 Å². The van der Waals surface area contributed by atoms with E-state index in [1.54, 1.807) is 28.8 Å². The molecule has 0 bridgehead atoms. The number of nitrogens with zero attached hydrogens (tertiary/aromatic N) is 2. The summed E-state index contributed by atoms with van der Waals surface area (Å²) in [6.07, 6.45) is 2.72. The Hall–Kier alpha value is -3.19. The largest absolute Gasteiger partial charge is 0.496 e. The lowest BCUT2D eigenvalue weighted by Crippen LogP contribution is -2.42. The van der Waals surface area contributed by atoms with Crippen LogP contribution in [0.4, 0.5) is 0 Å². The van der Waals surface area contributed by atoms with Gasteiger partial charge in [-0.3, -0.25) is 14.4 Å². The van der Waals surface area contributed by atoms with Crippen LogP contribution in [0.5, 0.6) is 5.75 Å². The highest BCUT2D eigenvalue weighted by molar-refractivity contribution is 7.98. The Kier molecular flexibility index (Phi) is 7.07. The van der Waals surface area contributed by atoms with Crippen molar-refractivity contribution in [1.82, 2.24) is 15.2 Å². The maximum absolute atomic E-state index is 13.2. The first-order valence-electron chi connectivity index (χ1n) is 9.85. The van der Waals surface area contributed by atoms with Gasteiger partial charge in [0.2, 0.25) is 11.8 Å². The number of nitriles is 1. The molecule has 1 aliphatic heterocycles. The van der Waals surface area contributed by atoms with Crippen molar-refractivity contribution >= 4 is 40.4 Å². The Balaban J connectivity index is 1.95. The summed E-state index contributed by atoms with van der Waals surface area (Å²) in [4.78, 5) is 37.3. The van der Waals surface area contributed by atoms with Gasteiger partial charge in [-0.2, -0.15) is 17.0 Å². The quantitative estimate of drug-likeness (QED) is 0.532. The van der Waals surface area contributed by atoms with E-state index >= 15 is 0 Å². The molecule has 1 fully saturated rings. The Morgan fingerprint density at radius 2 is 2.26 bits per heavy atom. The zero-order valence-corrected chi connectivity index (χ0v) is 18.2. The molecular formula is C21H25N5O4S. The SMILES string of the molecule is COc1cccc2c1cc(C(N)=O)n2[C@@H](CSC)C(=O)N[C@H](C#N)C[C@@H]1CCNC1=O. The van der Waals surface area contributed by atoms with Crippen molar-refractivity contribution in [2.75, 3.05) is 25.7 Å². The van der Waals surface area contributed by atoms with Crippen LogP contribution in [0.2, 0.25) is 0 Å². The fourth-order valence-corrected chi connectivity index (χ4v) is 4.54. The highest BCUT2D eigenvalue weighted by Gasteiger charge is 2.31. The fourth-order valence-electron chi connectivity index (χ4n) is 3.92. The molecule has 0 saturated carbocycles. The summed E-state index contributed by atoms with van der Waals surface area (Å²) in [6, 6.07) is 7.41. The lowest BCUT2D eigenvalue weighted by atomic mass is 9.99. The van der Waals surface area contributed by atoms with Crippen LogP contribution in [0, 0.1) is 17.2 Å². The van der Waals surface area contributed by atoms with Crippen molar-refractivity contribution in [2.24, 2.45) is 11.7 Å². The lowest BCUT2D eigenvalue weighted by Gasteiger charge is -2.23. The molecule has 10 heteroatoms. The van der Waals surface area contributed by atoms with Crippen LogP contribution >= 0.6 is 11.8 Å². The molecule has 164 valence electrons. The number of primary amides is 1. The topological polar surface area (TPSA) is 139 Å². The number of benzene rings is 1. The normalized spacial score (nSPS) is 17.6. The van der Waals surface area contributed by atoms with Crippen molar-refractivity contribution in [3.63, 3.8) is 0 Å². The number of hydrogen-bond acceptors (Lipinski definition) is 6. The number of aromatic nitrogens is 1. The third kappa shape index (κ3) is 4.61. The molecule has 0 radical (unpaired) electrons. The third-order valence-electron chi connectivity index (χ3n) is 5.41. The number of carbonyl (C=O) groups is 3. The molecule has 0 unspecified atom stereocenters. The lowest BCUT2D eigenvalue weighted by molar-refractivity contribution is -0.125. The first-order valence-corrected chi connectivity index (χ1v) is 11.2. The van der Waals surface area contributed by atoms with Crippen molar-refractivity contribution in [1.29, 1.82) is 5.26 Å². The maximum Gasteiger partial charge on any atom is 0.265 e. The second kappa shape index (κ2) is 9.75. The molecule has 4 N–H and O–H groups in total. The summed E-state index contributed by atoms with van der Waals surface area (Å²) in [7, 11) is 1.53. The molecule has 9 nitrogen and oxygen atoms in total. The van der Waals surface area contributed by atoms with Gasteiger partial charge in [-0.15, -0.1) is 0 Å². The van der Waals surface area contributed by atoms with E-state index in [-0.39, 0.29) is 23.9 Å². The van der Waals surface area contributed by atoms with E-state index in [2.05, 4.69) is 16.7 Å². The van der Waals surface area contributed by atoms with E-state index in [1.165, 1.54) is 18.9 Å². The van der Waals surface area contributed by atoms with Gasteiger partial charge >= 0.3 is 0 Å². The first kappa shape index (κ1) is 22.5. The number of methoxy groups -OCH3 is 1. The van der Waals surface area contributed by atoms with Crippen LogP contribution in [0.25, 0.3) is 10.9 Å². The summed E-state index contributed by atoms with van der Waals surface area (Å²) in [5.74, 6) is -0.575. The minimum Gasteiger partial charge on any atom is -0.496 e. The molecule has 1 saturated heterocycles. The Bertz CT molecular complexity index is 1040. The van der Waals surface area contributed by atoms with Gasteiger partial charge in [0.15, 0.2) is 0 Å². The molecule has 31 heavy (non-hydrogen) atoms. The molecule has 3 amide bonds. The molecule has 0 aliphatic carbocycles. The van der Waals surface area contributed by atoms with Crippen LogP contribution < -0.4 is 21.1 Å². The van der Waals surface area contributed by atoms with Crippen LogP contribution in [0.15, 0.2) is 24.3 Å². The molecule has 0 spiro atoms. The minimum atomic E-state index is -0.820. The summed E-state index contributed by atoms with van der Waals surface area (Å²) in [5.41, 5.74) is 6.43. The van der Waals surface area contributed by atoms with Gasteiger partial charge in [-0.25, -0.2) is 0 Å². The van der Waals surface area contributed by atoms with Crippen molar-refractivity contribution in [3.05, 3.63) is 30.0 Å². The van der Waals surface area contributed by atoms with E-state index in [1.807, 2.05) is 6.26 Å². The molecular weight excluding hydrogens is 418 g/mol. The van der Waals surface area contributed by atoms with Gasteiger partial charge in [0, 0.05) is 23.6 Å². The number of fused-ring (bicyclic) bond motifs is 1. The Morgan fingerprint density at radius 3 is 2.84 bits per heavy atom. The van der Waals surface area contributed by atoms with Gasteiger partial charge in [-0.05, 0) is 37.3 Å². The Labute approximate surface area is 184 Å². The molecule has 1 aromatic heterocycles. The van der Waals surface area contributed by atoms with Crippen LogP contribution in [0.3, 0.4) is 0 Å². The summed E-state index contributed by atoms with van der Waals surface area (Å²) < 4.78 is 6.99. The zero-order chi connectivity index (χ0) is 22.5. The van der Waals surface area contributed by atoms with Gasteiger partial charge < -0.3 is 25.7 Å².